The summed E-state index contributed by atoms with van der Waals surface area (Å²) in [7, 11) is 0. The number of hydrogen-bond acceptors (Lipinski definition) is 5. The summed E-state index contributed by atoms with van der Waals surface area (Å²) in [5.74, 6) is 0.0267. The summed E-state index contributed by atoms with van der Waals surface area (Å²) in [6, 6.07) is 7.13. The van der Waals surface area contributed by atoms with Crippen LogP contribution in [-0.2, 0) is 11.3 Å². The quantitative estimate of drug-likeness (QED) is 0.900. The third kappa shape index (κ3) is 3.31. The summed E-state index contributed by atoms with van der Waals surface area (Å²) in [6.45, 7) is 2.91. The lowest BCUT2D eigenvalue weighted by molar-refractivity contribution is -0.135. The van der Waals surface area contributed by atoms with Gasteiger partial charge in [-0.2, -0.15) is 0 Å². The summed E-state index contributed by atoms with van der Waals surface area (Å²) in [6.07, 6.45) is 3.28. The van der Waals surface area contributed by atoms with Gasteiger partial charge >= 0.3 is 0 Å². The first-order chi connectivity index (χ1) is 11.6. The van der Waals surface area contributed by atoms with Crippen molar-refractivity contribution in [3.63, 3.8) is 0 Å². The number of carbonyl (C=O) groups is 1. The Kier molecular flexibility index (Phi) is 4.89. The fraction of sp³-hybridized carbons (Fsp3) is 0.529. The van der Waals surface area contributed by atoms with Crippen LogP contribution in [0.3, 0.4) is 0 Å². The Morgan fingerprint density at radius 3 is 2.96 bits per heavy atom. The first-order valence-corrected chi connectivity index (χ1v) is 8.45. The van der Waals surface area contributed by atoms with Crippen molar-refractivity contribution >= 4 is 16.8 Å². The van der Waals surface area contributed by atoms with E-state index in [1.807, 2.05) is 17.9 Å². The number of hydrogen-bond donors (Lipinski definition) is 1. The van der Waals surface area contributed by atoms with Crippen molar-refractivity contribution in [1.82, 2.24) is 19.9 Å². The van der Waals surface area contributed by atoms with Crippen LogP contribution in [0, 0.1) is 0 Å². The van der Waals surface area contributed by atoms with Crippen LogP contribution in [0.1, 0.15) is 32.6 Å². The standard InChI is InChI=1S/C17H23N5O2/c1-12(18)15-8-4-5-10-21(15)16(23)9-11-22-17(24)13-6-2-3-7-14(13)19-20-22/h2-3,6-7,12,15H,4-5,8-11,18H2,1H3. The number of fused-ring (bicyclic) bond motifs is 1. The second-order valence-corrected chi connectivity index (χ2v) is 6.39. The van der Waals surface area contributed by atoms with Crippen LogP contribution < -0.4 is 11.3 Å². The van der Waals surface area contributed by atoms with E-state index in [1.54, 1.807) is 18.2 Å². The van der Waals surface area contributed by atoms with Gasteiger partial charge in [0.2, 0.25) is 5.91 Å². The van der Waals surface area contributed by atoms with Crippen molar-refractivity contribution in [2.24, 2.45) is 5.73 Å². The van der Waals surface area contributed by atoms with E-state index in [0.29, 0.717) is 10.9 Å². The van der Waals surface area contributed by atoms with E-state index in [-0.39, 0.29) is 36.5 Å². The average molecular weight is 329 g/mol. The predicted octanol–water partition coefficient (Wildman–Crippen LogP) is 0.910. The SMILES string of the molecule is CC(N)C1CCCCN1C(=O)CCn1nnc2ccccc2c1=O. The molecule has 2 unspecified atom stereocenters. The third-order valence-corrected chi connectivity index (χ3v) is 4.64. The van der Waals surface area contributed by atoms with Crippen LogP contribution in [0.15, 0.2) is 29.1 Å². The van der Waals surface area contributed by atoms with Gasteiger partial charge < -0.3 is 10.6 Å². The van der Waals surface area contributed by atoms with Crippen LogP contribution in [0.4, 0.5) is 0 Å². The van der Waals surface area contributed by atoms with Gasteiger partial charge in [0.15, 0.2) is 0 Å². The summed E-state index contributed by atoms with van der Waals surface area (Å²) in [4.78, 5) is 26.8. The van der Waals surface area contributed by atoms with Gasteiger partial charge in [-0.3, -0.25) is 9.59 Å². The van der Waals surface area contributed by atoms with Gasteiger partial charge in [0, 0.05) is 25.0 Å². The Bertz CT molecular complexity index is 786. The molecular weight excluding hydrogens is 306 g/mol. The van der Waals surface area contributed by atoms with Gasteiger partial charge in [-0.15, -0.1) is 5.10 Å². The number of nitrogens with two attached hydrogens (primary N) is 1. The molecule has 0 radical (unpaired) electrons. The fourth-order valence-corrected chi connectivity index (χ4v) is 3.33. The Morgan fingerprint density at radius 1 is 1.38 bits per heavy atom. The Labute approximate surface area is 140 Å². The zero-order chi connectivity index (χ0) is 17.1. The highest BCUT2D eigenvalue weighted by Crippen LogP contribution is 2.20. The third-order valence-electron chi connectivity index (χ3n) is 4.64. The molecule has 1 amide bonds. The lowest BCUT2D eigenvalue weighted by Gasteiger charge is -2.38. The van der Waals surface area contributed by atoms with Gasteiger partial charge in [0.05, 0.1) is 11.9 Å². The molecule has 0 aliphatic carbocycles. The number of aromatic nitrogens is 3. The maximum atomic E-state index is 12.6. The van der Waals surface area contributed by atoms with Crippen LogP contribution in [-0.4, -0.2) is 44.4 Å². The van der Waals surface area contributed by atoms with Gasteiger partial charge in [0.1, 0.15) is 5.52 Å². The number of likely N-dealkylation sites (tertiary alicyclic amines) is 1. The number of rotatable bonds is 4. The predicted molar refractivity (Wildman–Crippen MR) is 91.4 cm³/mol. The van der Waals surface area contributed by atoms with Crippen molar-refractivity contribution < 1.29 is 4.79 Å². The van der Waals surface area contributed by atoms with E-state index in [0.717, 1.165) is 25.8 Å². The fourth-order valence-electron chi connectivity index (χ4n) is 3.33. The lowest BCUT2D eigenvalue weighted by atomic mass is 9.96. The number of amides is 1. The van der Waals surface area contributed by atoms with E-state index >= 15 is 0 Å². The molecule has 7 nitrogen and oxygen atoms in total. The van der Waals surface area contributed by atoms with Gasteiger partial charge in [0.25, 0.3) is 5.56 Å². The van der Waals surface area contributed by atoms with Gasteiger partial charge in [-0.25, -0.2) is 4.68 Å². The van der Waals surface area contributed by atoms with E-state index in [2.05, 4.69) is 10.3 Å². The maximum absolute atomic E-state index is 12.6. The number of nitrogens with zero attached hydrogens (tertiary/aromatic N) is 4. The Morgan fingerprint density at radius 2 is 2.17 bits per heavy atom. The molecule has 1 aromatic carbocycles. The monoisotopic (exact) mass is 329 g/mol. The maximum Gasteiger partial charge on any atom is 0.277 e. The summed E-state index contributed by atoms with van der Waals surface area (Å²) in [5.41, 5.74) is 6.37. The minimum atomic E-state index is -0.212. The van der Waals surface area contributed by atoms with E-state index in [1.165, 1.54) is 4.68 Å². The van der Waals surface area contributed by atoms with Crippen molar-refractivity contribution in [1.29, 1.82) is 0 Å². The summed E-state index contributed by atoms with van der Waals surface area (Å²) < 4.78 is 1.27. The zero-order valence-electron chi connectivity index (χ0n) is 13.9. The second-order valence-electron chi connectivity index (χ2n) is 6.39. The topological polar surface area (TPSA) is 94.1 Å². The Hall–Kier alpha value is -2.28. The smallest absolute Gasteiger partial charge is 0.277 e. The first-order valence-electron chi connectivity index (χ1n) is 8.45. The molecule has 1 aliphatic heterocycles. The average Bonchev–Trinajstić information content (AvgIpc) is 2.61. The molecule has 1 saturated heterocycles. The van der Waals surface area contributed by atoms with E-state index in [4.69, 9.17) is 5.73 Å². The molecule has 7 heteroatoms. The van der Waals surface area contributed by atoms with Crippen molar-refractivity contribution in [3.8, 4) is 0 Å². The molecule has 2 atom stereocenters. The minimum absolute atomic E-state index is 0.0267. The molecule has 1 fully saturated rings. The molecule has 24 heavy (non-hydrogen) atoms. The zero-order valence-corrected chi connectivity index (χ0v) is 13.9. The molecule has 2 heterocycles. The van der Waals surface area contributed by atoms with E-state index < -0.39 is 0 Å². The van der Waals surface area contributed by atoms with E-state index in [9.17, 15) is 9.59 Å². The molecule has 0 spiro atoms. The van der Waals surface area contributed by atoms with Crippen molar-refractivity contribution in [2.45, 2.75) is 51.2 Å². The van der Waals surface area contributed by atoms with Crippen molar-refractivity contribution in [3.05, 3.63) is 34.6 Å². The molecule has 3 rings (SSSR count). The summed E-state index contributed by atoms with van der Waals surface area (Å²) in [5, 5.41) is 8.50. The largest absolute Gasteiger partial charge is 0.338 e. The molecule has 2 aromatic rings. The minimum Gasteiger partial charge on any atom is -0.338 e. The molecule has 1 aromatic heterocycles. The van der Waals surface area contributed by atoms with Gasteiger partial charge in [-0.1, -0.05) is 17.3 Å². The first kappa shape index (κ1) is 16.6. The Balaban J connectivity index is 1.72. The highest BCUT2D eigenvalue weighted by atomic mass is 16.2. The molecule has 128 valence electrons. The number of piperidine rings is 1. The highest BCUT2D eigenvalue weighted by molar-refractivity contribution is 5.77. The van der Waals surface area contributed by atoms with Gasteiger partial charge in [-0.05, 0) is 38.3 Å². The lowest BCUT2D eigenvalue weighted by Crippen LogP contribution is -2.51. The van der Waals surface area contributed by atoms with Crippen LogP contribution in [0.2, 0.25) is 0 Å². The second kappa shape index (κ2) is 7.09. The van der Waals surface area contributed by atoms with Crippen LogP contribution in [0.25, 0.3) is 10.9 Å². The molecule has 2 N–H and O–H groups in total. The normalized spacial score (nSPS) is 19.4. The number of benzene rings is 1. The number of carbonyl (C=O) groups excluding carboxylic acids is 1. The number of aryl methyl sites for hydroxylation is 1. The van der Waals surface area contributed by atoms with Crippen LogP contribution in [0.5, 0.6) is 0 Å². The summed E-state index contributed by atoms with van der Waals surface area (Å²) >= 11 is 0. The molecule has 0 bridgehead atoms. The molecular formula is C17H23N5O2. The molecule has 1 aliphatic rings. The molecule has 0 saturated carbocycles. The van der Waals surface area contributed by atoms with Crippen LogP contribution >= 0.6 is 0 Å². The highest BCUT2D eigenvalue weighted by Gasteiger charge is 2.28. The van der Waals surface area contributed by atoms with Crippen molar-refractivity contribution in [2.75, 3.05) is 6.54 Å².